The molecule has 3 atom stereocenters. The van der Waals surface area contributed by atoms with E-state index in [1.54, 1.807) is 16.6 Å². The van der Waals surface area contributed by atoms with Gasteiger partial charge in [-0.3, -0.25) is 19.3 Å². The third-order valence-electron chi connectivity index (χ3n) is 7.81. The maximum Gasteiger partial charge on any atom is 0.276 e. The fraction of sp³-hybridized carbons (Fsp3) is 0.367. The molecule has 9 nitrogen and oxygen atoms in total. The van der Waals surface area contributed by atoms with Crippen molar-refractivity contribution < 1.29 is 27.8 Å². The van der Waals surface area contributed by atoms with Crippen LogP contribution in [0.25, 0.3) is 0 Å². The van der Waals surface area contributed by atoms with Crippen LogP contribution in [0.4, 0.5) is 8.78 Å². The molecule has 2 N–H and O–H groups in total. The summed E-state index contributed by atoms with van der Waals surface area (Å²) in [4.78, 5) is 43.4. The first-order valence-electron chi connectivity index (χ1n) is 13.4. The molecule has 2 aromatic carbocycles. The van der Waals surface area contributed by atoms with Crippen LogP contribution in [-0.4, -0.2) is 64.7 Å². The van der Waals surface area contributed by atoms with Gasteiger partial charge in [-0.15, -0.1) is 0 Å². The van der Waals surface area contributed by atoms with Gasteiger partial charge in [-0.05, 0) is 37.0 Å². The van der Waals surface area contributed by atoms with Gasteiger partial charge in [0.25, 0.3) is 11.8 Å². The second-order valence-corrected chi connectivity index (χ2v) is 10.4. The number of aromatic nitrogens is 1. The molecule has 1 fully saturated rings. The average Bonchev–Trinajstić information content (AvgIpc) is 2.94. The van der Waals surface area contributed by atoms with Crippen LogP contribution in [0.1, 0.15) is 45.3 Å². The van der Waals surface area contributed by atoms with Crippen LogP contribution in [0.5, 0.6) is 5.75 Å². The molecule has 41 heavy (non-hydrogen) atoms. The van der Waals surface area contributed by atoms with Crippen molar-refractivity contribution in [2.45, 2.75) is 51.2 Å². The van der Waals surface area contributed by atoms with Crippen molar-refractivity contribution in [2.24, 2.45) is 5.73 Å². The molecule has 5 rings (SSSR count). The SMILES string of the molecule is COCCN1C(Cc2ccc(F)cc2F)C[C@H](C)N2C(=O)c3c(OCc4ccccc4)c(=O)c(C(N)=O)cn3C[C@@H]12. The molecule has 11 heteroatoms. The van der Waals surface area contributed by atoms with E-state index >= 15 is 0 Å². The first-order valence-corrected chi connectivity index (χ1v) is 13.4. The van der Waals surface area contributed by atoms with E-state index in [1.807, 2.05) is 37.3 Å². The summed E-state index contributed by atoms with van der Waals surface area (Å²) in [5, 5.41) is 0. The lowest BCUT2D eigenvalue weighted by molar-refractivity contribution is -0.0681. The van der Waals surface area contributed by atoms with Gasteiger partial charge in [-0.1, -0.05) is 36.4 Å². The van der Waals surface area contributed by atoms with Crippen LogP contribution >= 0.6 is 0 Å². The lowest BCUT2D eigenvalue weighted by Gasteiger charge is -2.54. The molecular formula is C30H32F2N4O5. The number of methoxy groups -OCH3 is 1. The summed E-state index contributed by atoms with van der Waals surface area (Å²) in [6.45, 7) is 2.91. The molecule has 2 aliphatic heterocycles. The van der Waals surface area contributed by atoms with Gasteiger partial charge >= 0.3 is 0 Å². The number of hydrogen-bond donors (Lipinski definition) is 1. The second-order valence-electron chi connectivity index (χ2n) is 10.4. The van der Waals surface area contributed by atoms with Gasteiger partial charge in [0.05, 0.1) is 13.2 Å². The number of amides is 2. The van der Waals surface area contributed by atoms with Crippen LogP contribution in [0.3, 0.4) is 0 Å². The average molecular weight is 567 g/mol. The fourth-order valence-corrected chi connectivity index (χ4v) is 5.88. The molecule has 1 unspecified atom stereocenters. The Kier molecular flexibility index (Phi) is 8.18. The second kappa shape index (κ2) is 11.8. The minimum atomic E-state index is -0.928. The van der Waals surface area contributed by atoms with Gasteiger partial charge in [0.1, 0.15) is 30.0 Å². The number of hydrogen-bond acceptors (Lipinski definition) is 6. The van der Waals surface area contributed by atoms with E-state index in [2.05, 4.69) is 4.90 Å². The van der Waals surface area contributed by atoms with Crippen LogP contribution in [0, 0.1) is 11.6 Å². The van der Waals surface area contributed by atoms with Gasteiger partial charge in [-0.2, -0.15) is 0 Å². The summed E-state index contributed by atoms with van der Waals surface area (Å²) in [7, 11) is 1.57. The minimum absolute atomic E-state index is 0.0167. The van der Waals surface area contributed by atoms with E-state index in [0.29, 0.717) is 31.6 Å². The normalized spacial score (nSPS) is 20.4. The highest BCUT2D eigenvalue weighted by Gasteiger charge is 2.47. The maximum atomic E-state index is 14.6. The van der Waals surface area contributed by atoms with Crippen LogP contribution in [0.2, 0.25) is 0 Å². The molecule has 0 radical (unpaired) electrons. The Balaban J connectivity index is 1.54. The highest BCUT2D eigenvalue weighted by Crippen LogP contribution is 2.35. The Labute approximate surface area is 236 Å². The van der Waals surface area contributed by atoms with Crippen LogP contribution in [0.15, 0.2) is 59.5 Å². The summed E-state index contributed by atoms with van der Waals surface area (Å²) in [6.07, 6.45) is 1.63. The molecule has 3 aromatic rings. The summed E-state index contributed by atoms with van der Waals surface area (Å²) in [6, 6.07) is 12.2. The Hall–Kier alpha value is -4.09. The predicted molar refractivity (Wildman–Crippen MR) is 146 cm³/mol. The van der Waals surface area contributed by atoms with Crippen molar-refractivity contribution in [3.05, 3.63) is 99.0 Å². The lowest BCUT2D eigenvalue weighted by atomic mass is 9.92. The van der Waals surface area contributed by atoms with Gasteiger partial charge in [0.2, 0.25) is 5.43 Å². The van der Waals surface area contributed by atoms with Gasteiger partial charge in [-0.25, -0.2) is 8.78 Å². The van der Waals surface area contributed by atoms with E-state index in [-0.39, 0.29) is 42.2 Å². The van der Waals surface area contributed by atoms with E-state index in [4.69, 9.17) is 15.2 Å². The Morgan fingerprint density at radius 2 is 1.88 bits per heavy atom. The van der Waals surface area contributed by atoms with Crippen molar-refractivity contribution in [3.63, 3.8) is 0 Å². The fourth-order valence-electron chi connectivity index (χ4n) is 5.88. The van der Waals surface area contributed by atoms with Crippen molar-refractivity contribution >= 4 is 11.8 Å². The van der Waals surface area contributed by atoms with E-state index in [0.717, 1.165) is 11.6 Å². The smallest absolute Gasteiger partial charge is 0.276 e. The molecule has 2 aliphatic rings. The van der Waals surface area contributed by atoms with E-state index < -0.39 is 35.0 Å². The zero-order valence-corrected chi connectivity index (χ0v) is 22.9. The summed E-state index contributed by atoms with van der Waals surface area (Å²) in [5.41, 5.74) is 5.73. The third-order valence-corrected chi connectivity index (χ3v) is 7.81. The van der Waals surface area contributed by atoms with E-state index in [9.17, 15) is 23.2 Å². The molecule has 2 amide bonds. The van der Waals surface area contributed by atoms with Crippen molar-refractivity contribution in [3.8, 4) is 5.75 Å². The number of fused-ring (bicyclic) bond motifs is 2. The van der Waals surface area contributed by atoms with Crippen molar-refractivity contribution in [1.82, 2.24) is 14.4 Å². The van der Waals surface area contributed by atoms with Crippen LogP contribution < -0.4 is 15.9 Å². The molecule has 0 bridgehead atoms. The standard InChI is InChI=1S/C30H32F2N4O5/c1-18-12-22(13-20-8-9-21(31)14-24(20)32)35(10-11-40-2)25-16-34-15-23(29(33)38)27(37)28(26(34)30(39)36(18)25)41-17-19-6-4-3-5-7-19/h3-9,14-15,18,22,25H,10-13,16-17H2,1-2H3,(H2,33,38)/t18-,22?,25-/m0/s1. The van der Waals surface area contributed by atoms with Gasteiger partial charge in [0.15, 0.2) is 11.4 Å². The summed E-state index contributed by atoms with van der Waals surface area (Å²) in [5.74, 6) is -2.84. The van der Waals surface area contributed by atoms with E-state index in [1.165, 1.54) is 18.3 Å². The molecule has 1 aromatic heterocycles. The Bertz CT molecular complexity index is 1510. The zero-order chi connectivity index (χ0) is 29.3. The molecule has 0 aliphatic carbocycles. The first kappa shape index (κ1) is 28.4. The number of primary amides is 1. The molecule has 3 heterocycles. The highest BCUT2D eigenvalue weighted by atomic mass is 19.1. The predicted octanol–water partition coefficient (Wildman–Crippen LogP) is 2.94. The molecular weight excluding hydrogens is 534 g/mol. The quantitative estimate of drug-likeness (QED) is 0.427. The number of pyridine rings is 1. The van der Waals surface area contributed by atoms with Gasteiger partial charge < -0.3 is 24.7 Å². The Morgan fingerprint density at radius 3 is 2.56 bits per heavy atom. The number of rotatable bonds is 9. The monoisotopic (exact) mass is 566 g/mol. The van der Waals surface area contributed by atoms with Crippen molar-refractivity contribution in [1.29, 1.82) is 0 Å². The number of carbonyl (C=O) groups excluding carboxylic acids is 2. The number of carbonyl (C=O) groups is 2. The molecule has 1 saturated heterocycles. The number of nitrogens with two attached hydrogens (primary N) is 1. The maximum absolute atomic E-state index is 14.6. The molecule has 0 spiro atoms. The van der Waals surface area contributed by atoms with Crippen LogP contribution in [-0.2, 0) is 24.3 Å². The van der Waals surface area contributed by atoms with Gasteiger partial charge in [0, 0.05) is 38.0 Å². The molecule has 0 saturated carbocycles. The van der Waals surface area contributed by atoms with Crippen molar-refractivity contribution in [2.75, 3.05) is 20.3 Å². The largest absolute Gasteiger partial charge is 0.483 e. The number of halogens is 2. The molecule has 216 valence electrons. The zero-order valence-electron chi connectivity index (χ0n) is 22.9. The first-order chi connectivity index (χ1) is 19.7. The number of benzene rings is 2. The highest BCUT2D eigenvalue weighted by molar-refractivity contribution is 5.99. The lowest BCUT2D eigenvalue weighted by Crippen LogP contribution is -2.67. The Morgan fingerprint density at radius 1 is 1.12 bits per heavy atom. The summed E-state index contributed by atoms with van der Waals surface area (Å²) >= 11 is 0. The topological polar surface area (TPSA) is 107 Å². The minimum Gasteiger partial charge on any atom is -0.483 e. The third kappa shape index (κ3) is 5.59. The summed E-state index contributed by atoms with van der Waals surface area (Å²) < 4.78 is 41.0. The number of nitrogens with zero attached hydrogens (tertiary/aromatic N) is 3. The number of ether oxygens (including phenoxy) is 2.